The zero-order valence-electron chi connectivity index (χ0n) is 13.9. The number of nitrogens with one attached hydrogen (secondary N) is 1. The predicted molar refractivity (Wildman–Crippen MR) is 94.6 cm³/mol. The van der Waals surface area contributed by atoms with Crippen LogP contribution < -0.4 is 15.2 Å². The van der Waals surface area contributed by atoms with E-state index in [1.807, 2.05) is 13.8 Å². The molecule has 134 valence electrons. The number of sulfonamides is 1. The van der Waals surface area contributed by atoms with Gasteiger partial charge in [-0.1, -0.05) is 32.0 Å². The van der Waals surface area contributed by atoms with Crippen LogP contribution in [0.3, 0.4) is 0 Å². The van der Waals surface area contributed by atoms with Crippen LogP contribution in [0.25, 0.3) is 0 Å². The molecule has 0 amide bonds. The number of nitrogens with two attached hydrogens (primary N) is 1. The molecule has 0 spiro atoms. The van der Waals surface area contributed by atoms with E-state index >= 15 is 0 Å². The second kappa shape index (κ2) is 7.54. The van der Waals surface area contributed by atoms with Crippen LogP contribution in [-0.2, 0) is 10.0 Å². The highest BCUT2D eigenvalue weighted by atomic mass is 32.2. The number of carbonyl (C=O) groups is 1. The molecule has 0 aliphatic heterocycles. The summed E-state index contributed by atoms with van der Waals surface area (Å²) in [7, 11) is -4.20. The Labute approximate surface area is 146 Å². The van der Waals surface area contributed by atoms with E-state index in [1.54, 1.807) is 30.3 Å². The first-order valence-electron chi connectivity index (χ1n) is 7.59. The zero-order valence-corrected chi connectivity index (χ0v) is 14.7. The second-order valence-corrected chi connectivity index (χ2v) is 7.42. The quantitative estimate of drug-likeness (QED) is 0.695. The fourth-order valence-corrected chi connectivity index (χ4v) is 2.80. The van der Waals surface area contributed by atoms with Gasteiger partial charge in [-0.05, 0) is 30.2 Å². The minimum absolute atomic E-state index is 0.0284. The van der Waals surface area contributed by atoms with Crippen molar-refractivity contribution in [3.63, 3.8) is 0 Å². The maximum atomic E-state index is 12.0. The van der Waals surface area contributed by atoms with Gasteiger partial charge in [-0.3, -0.25) is 0 Å². The third-order valence-electron chi connectivity index (χ3n) is 3.27. The number of benzene rings is 2. The Morgan fingerprint density at radius 2 is 1.88 bits per heavy atom. The van der Waals surface area contributed by atoms with Crippen molar-refractivity contribution in [2.24, 2.45) is 11.1 Å². The molecule has 0 saturated carbocycles. The zero-order chi connectivity index (χ0) is 18.6. The molecular formula is C17H20N2O5S. The van der Waals surface area contributed by atoms with E-state index in [0.717, 1.165) is 6.07 Å². The van der Waals surface area contributed by atoms with Crippen LogP contribution in [0.15, 0.2) is 47.4 Å². The van der Waals surface area contributed by atoms with Crippen molar-refractivity contribution >= 4 is 21.7 Å². The van der Waals surface area contributed by atoms with Crippen LogP contribution in [0.5, 0.6) is 11.5 Å². The van der Waals surface area contributed by atoms with Crippen molar-refractivity contribution in [2.45, 2.75) is 18.7 Å². The summed E-state index contributed by atoms with van der Waals surface area (Å²) in [5.41, 5.74) is 0.0529. The van der Waals surface area contributed by atoms with Crippen LogP contribution >= 0.6 is 0 Å². The van der Waals surface area contributed by atoms with Gasteiger partial charge < -0.3 is 15.2 Å². The number of hydrogen-bond acceptors (Lipinski definition) is 5. The lowest BCUT2D eigenvalue weighted by Gasteiger charge is -2.18. The Balaban J connectivity index is 2.63. The van der Waals surface area contributed by atoms with E-state index in [-0.39, 0.29) is 27.8 Å². The van der Waals surface area contributed by atoms with E-state index in [1.165, 1.54) is 6.07 Å². The lowest BCUT2D eigenvalue weighted by atomic mass is 10.1. The van der Waals surface area contributed by atoms with Gasteiger partial charge in [-0.2, -0.15) is 0 Å². The average Bonchev–Trinajstić information content (AvgIpc) is 2.53. The molecule has 0 bridgehead atoms. The molecule has 0 aliphatic carbocycles. The van der Waals surface area contributed by atoms with Gasteiger partial charge >= 0.3 is 5.97 Å². The first kappa shape index (κ1) is 18.8. The average molecular weight is 364 g/mol. The molecule has 0 heterocycles. The largest absolute Gasteiger partial charge is 0.478 e. The van der Waals surface area contributed by atoms with Crippen LogP contribution in [0.2, 0.25) is 0 Å². The second-order valence-electron chi connectivity index (χ2n) is 5.89. The molecule has 0 aromatic heterocycles. The van der Waals surface area contributed by atoms with Crippen LogP contribution in [0, 0.1) is 5.92 Å². The van der Waals surface area contributed by atoms with Gasteiger partial charge in [-0.15, -0.1) is 0 Å². The normalized spacial score (nSPS) is 11.4. The minimum atomic E-state index is -4.20. The molecule has 0 atom stereocenters. The summed E-state index contributed by atoms with van der Waals surface area (Å²) >= 11 is 0. The Bertz CT molecular complexity index is 864. The Hall–Kier alpha value is -2.58. The Kier molecular flexibility index (Phi) is 5.66. The van der Waals surface area contributed by atoms with Crippen molar-refractivity contribution in [1.82, 2.24) is 0 Å². The molecule has 2 aromatic rings. The molecular weight excluding hydrogens is 344 g/mol. The number of anilines is 1. The molecule has 2 aromatic carbocycles. The monoisotopic (exact) mass is 364 g/mol. The van der Waals surface area contributed by atoms with Crippen molar-refractivity contribution in [3.05, 3.63) is 48.0 Å². The van der Waals surface area contributed by atoms with Gasteiger partial charge in [0.25, 0.3) is 0 Å². The SMILES string of the molecule is CC(C)CNc1cc(C(=O)O)cc(S(N)(=O)=O)c1Oc1ccccc1. The standard InChI is InChI=1S/C17H20N2O5S/c1-11(2)10-19-14-8-12(17(20)21)9-15(25(18,22)23)16(14)24-13-6-4-3-5-7-13/h3-9,11,19H,10H2,1-2H3,(H,20,21)(H2,18,22,23). The summed E-state index contributed by atoms with van der Waals surface area (Å²) in [5, 5.41) is 17.6. The lowest BCUT2D eigenvalue weighted by molar-refractivity contribution is 0.0696. The fourth-order valence-electron chi connectivity index (χ4n) is 2.09. The van der Waals surface area contributed by atoms with Gasteiger partial charge in [0.05, 0.1) is 11.3 Å². The summed E-state index contributed by atoms with van der Waals surface area (Å²) in [6.07, 6.45) is 0. The van der Waals surface area contributed by atoms with E-state index in [4.69, 9.17) is 9.88 Å². The number of hydrogen-bond donors (Lipinski definition) is 3. The maximum absolute atomic E-state index is 12.0. The number of aromatic carboxylic acids is 1. The summed E-state index contributed by atoms with van der Waals surface area (Å²) < 4.78 is 29.7. The van der Waals surface area contributed by atoms with Gasteiger partial charge in [0.2, 0.25) is 10.0 Å². The number of carboxylic acids is 1. The smallest absolute Gasteiger partial charge is 0.335 e. The predicted octanol–water partition coefficient (Wildman–Crippen LogP) is 2.89. The summed E-state index contributed by atoms with van der Waals surface area (Å²) in [5.74, 6) is -0.637. The highest BCUT2D eigenvalue weighted by Gasteiger charge is 2.23. The Morgan fingerprint density at radius 3 is 2.40 bits per heavy atom. The minimum Gasteiger partial charge on any atom is -0.478 e. The first-order valence-corrected chi connectivity index (χ1v) is 9.14. The molecule has 0 radical (unpaired) electrons. The molecule has 0 fully saturated rings. The van der Waals surface area contributed by atoms with Crippen LogP contribution in [0.1, 0.15) is 24.2 Å². The Morgan fingerprint density at radius 1 is 1.24 bits per heavy atom. The summed E-state index contributed by atoms with van der Waals surface area (Å²) in [6.45, 7) is 4.43. The molecule has 2 rings (SSSR count). The van der Waals surface area contributed by atoms with Gasteiger partial charge in [0, 0.05) is 6.54 Å². The van der Waals surface area contributed by atoms with E-state index in [0.29, 0.717) is 12.3 Å². The third-order valence-corrected chi connectivity index (χ3v) is 4.19. The third kappa shape index (κ3) is 4.94. The van der Waals surface area contributed by atoms with E-state index in [2.05, 4.69) is 5.32 Å². The van der Waals surface area contributed by atoms with Crippen LogP contribution in [0.4, 0.5) is 5.69 Å². The summed E-state index contributed by atoms with van der Waals surface area (Å²) in [6, 6.07) is 10.9. The molecule has 4 N–H and O–H groups in total. The van der Waals surface area contributed by atoms with Crippen molar-refractivity contribution in [2.75, 3.05) is 11.9 Å². The number of rotatable bonds is 7. The lowest BCUT2D eigenvalue weighted by Crippen LogP contribution is -2.17. The van der Waals surface area contributed by atoms with Crippen molar-refractivity contribution in [1.29, 1.82) is 0 Å². The number of carboxylic acid groups (broad SMARTS) is 1. The number of ether oxygens (including phenoxy) is 1. The van der Waals surface area contributed by atoms with Crippen molar-refractivity contribution in [3.8, 4) is 11.5 Å². The topological polar surface area (TPSA) is 119 Å². The molecule has 25 heavy (non-hydrogen) atoms. The van der Waals surface area contributed by atoms with Gasteiger partial charge in [0.15, 0.2) is 5.75 Å². The molecule has 0 aliphatic rings. The fraction of sp³-hybridized carbons (Fsp3) is 0.235. The van der Waals surface area contributed by atoms with Crippen molar-refractivity contribution < 1.29 is 23.1 Å². The van der Waals surface area contributed by atoms with Gasteiger partial charge in [0.1, 0.15) is 10.6 Å². The van der Waals surface area contributed by atoms with E-state index < -0.39 is 16.0 Å². The molecule has 7 nitrogen and oxygen atoms in total. The number of primary sulfonamides is 1. The number of para-hydroxylation sites is 1. The van der Waals surface area contributed by atoms with Crippen LogP contribution in [-0.4, -0.2) is 26.0 Å². The molecule has 0 unspecified atom stereocenters. The highest BCUT2D eigenvalue weighted by Crippen LogP contribution is 2.37. The van der Waals surface area contributed by atoms with Gasteiger partial charge in [-0.25, -0.2) is 18.4 Å². The maximum Gasteiger partial charge on any atom is 0.335 e. The molecule has 0 saturated heterocycles. The highest BCUT2D eigenvalue weighted by molar-refractivity contribution is 7.89. The first-order chi connectivity index (χ1) is 11.7. The molecule has 8 heteroatoms. The summed E-state index contributed by atoms with van der Waals surface area (Å²) in [4.78, 5) is 10.9. The van der Waals surface area contributed by atoms with E-state index in [9.17, 15) is 18.3 Å².